The van der Waals surface area contributed by atoms with Gasteiger partial charge >= 0.3 is 0 Å². The number of hydrogen-bond donors (Lipinski definition) is 1. The lowest BCUT2D eigenvalue weighted by Gasteiger charge is -2.34. The van der Waals surface area contributed by atoms with Crippen molar-refractivity contribution in [3.8, 4) is 0 Å². The average Bonchev–Trinajstić information content (AvgIpc) is 2.48. The maximum atomic E-state index is 3.46. The molecule has 0 radical (unpaired) electrons. The van der Waals surface area contributed by atoms with Crippen LogP contribution in [0.15, 0.2) is 24.3 Å². The zero-order valence-corrected chi connectivity index (χ0v) is 13.1. The van der Waals surface area contributed by atoms with Crippen LogP contribution in [0.3, 0.4) is 0 Å². The van der Waals surface area contributed by atoms with Gasteiger partial charge in [0.05, 0.1) is 0 Å². The summed E-state index contributed by atoms with van der Waals surface area (Å²) in [5.41, 5.74) is 3.72. The van der Waals surface area contributed by atoms with E-state index in [-0.39, 0.29) is 0 Å². The van der Waals surface area contributed by atoms with Crippen LogP contribution >= 0.6 is 0 Å². The molecule has 110 valence electrons. The van der Waals surface area contributed by atoms with Crippen molar-refractivity contribution in [1.82, 2.24) is 5.32 Å². The van der Waals surface area contributed by atoms with Gasteiger partial charge in [0.2, 0.25) is 0 Å². The average molecular weight is 271 g/mol. The highest BCUT2D eigenvalue weighted by atomic mass is 14.9. The fraction of sp³-hybridized carbons (Fsp3) is 0.684. The molecule has 1 heterocycles. The number of nitrogens with one attached hydrogen (secondary N) is 1. The lowest BCUT2D eigenvalue weighted by atomic mass is 9.71. The molecule has 2 aliphatic rings. The maximum absolute atomic E-state index is 3.46. The molecule has 0 amide bonds. The number of hydrogen-bond acceptors (Lipinski definition) is 1. The molecule has 1 saturated heterocycles. The lowest BCUT2D eigenvalue weighted by molar-refractivity contribution is 0.224. The Bertz CT molecular complexity index is 416. The first-order chi connectivity index (χ1) is 9.64. The van der Waals surface area contributed by atoms with Gasteiger partial charge in [-0.2, -0.15) is 0 Å². The summed E-state index contributed by atoms with van der Waals surface area (Å²) in [6, 6.07) is 9.65. The van der Waals surface area contributed by atoms with E-state index in [0.29, 0.717) is 5.41 Å². The second-order valence-electron chi connectivity index (χ2n) is 7.63. The molecular formula is C19H29N. The van der Waals surface area contributed by atoms with Crippen LogP contribution < -0.4 is 5.32 Å². The van der Waals surface area contributed by atoms with Gasteiger partial charge in [0, 0.05) is 0 Å². The SMILES string of the molecule is CC1(C)CCC(c2ccc(C3CCNCC3)cc2)CC1. The molecule has 3 rings (SSSR count). The van der Waals surface area contributed by atoms with Gasteiger partial charge in [-0.1, -0.05) is 38.1 Å². The van der Waals surface area contributed by atoms with E-state index >= 15 is 0 Å². The Hall–Kier alpha value is -0.820. The number of benzene rings is 1. The molecule has 1 N–H and O–H groups in total. The van der Waals surface area contributed by atoms with Gasteiger partial charge in [-0.15, -0.1) is 0 Å². The largest absolute Gasteiger partial charge is 0.317 e. The lowest BCUT2D eigenvalue weighted by Crippen LogP contribution is -2.26. The molecule has 0 atom stereocenters. The van der Waals surface area contributed by atoms with Crippen LogP contribution in [0.4, 0.5) is 0 Å². The molecule has 1 nitrogen and oxygen atoms in total. The van der Waals surface area contributed by atoms with E-state index in [1.165, 1.54) is 51.6 Å². The molecule has 0 unspecified atom stereocenters. The molecule has 1 aliphatic carbocycles. The monoisotopic (exact) mass is 271 g/mol. The van der Waals surface area contributed by atoms with Crippen LogP contribution in [0, 0.1) is 5.41 Å². The highest BCUT2D eigenvalue weighted by molar-refractivity contribution is 5.28. The molecule has 0 spiro atoms. The third kappa shape index (κ3) is 3.25. The van der Waals surface area contributed by atoms with E-state index in [9.17, 15) is 0 Å². The Labute approximate surface area is 124 Å². The van der Waals surface area contributed by atoms with Crippen LogP contribution in [-0.4, -0.2) is 13.1 Å². The molecule has 0 bridgehead atoms. The van der Waals surface area contributed by atoms with E-state index in [0.717, 1.165) is 11.8 Å². The van der Waals surface area contributed by atoms with Gasteiger partial charge in [0.1, 0.15) is 0 Å². The Morgan fingerprint density at radius 3 is 1.75 bits per heavy atom. The maximum Gasteiger partial charge on any atom is -0.00431 e. The summed E-state index contributed by atoms with van der Waals surface area (Å²) >= 11 is 0. The molecule has 20 heavy (non-hydrogen) atoms. The van der Waals surface area contributed by atoms with Crippen molar-refractivity contribution in [2.24, 2.45) is 5.41 Å². The molecule has 1 aromatic rings. The van der Waals surface area contributed by atoms with Gasteiger partial charge in [-0.25, -0.2) is 0 Å². The highest BCUT2D eigenvalue weighted by Crippen LogP contribution is 2.42. The molecular weight excluding hydrogens is 242 g/mol. The summed E-state index contributed by atoms with van der Waals surface area (Å²) in [4.78, 5) is 0. The van der Waals surface area contributed by atoms with Crippen LogP contribution in [0.25, 0.3) is 0 Å². The number of rotatable bonds is 2. The first-order valence-corrected chi connectivity index (χ1v) is 8.45. The molecule has 1 aromatic carbocycles. The van der Waals surface area contributed by atoms with Crippen LogP contribution in [0.1, 0.15) is 75.3 Å². The van der Waals surface area contributed by atoms with E-state index in [4.69, 9.17) is 0 Å². The minimum Gasteiger partial charge on any atom is -0.317 e. The summed E-state index contributed by atoms with van der Waals surface area (Å²) in [5, 5.41) is 3.46. The van der Waals surface area contributed by atoms with Crippen molar-refractivity contribution in [2.45, 2.75) is 64.2 Å². The summed E-state index contributed by atoms with van der Waals surface area (Å²) < 4.78 is 0. The molecule has 2 fully saturated rings. The minimum atomic E-state index is 0.575. The molecule has 1 saturated carbocycles. The summed E-state index contributed by atoms with van der Waals surface area (Å²) in [5.74, 6) is 1.60. The van der Waals surface area contributed by atoms with Gasteiger partial charge in [0.25, 0.3) is 0 Å². The highest BCUT2D eigenvalue weighted by Gasteiger charge is 2.27. The van der Waals surface area contributed by atoms with E-state index in [2.05, 4.69) is 43.4 Å². The minimum absolute atomic E-state index is 0.575. The van der Waals surface area contributed by atoms with Crippen molar-refractivity contribution in [3.63, 3.8) is 0 Å². The Morgan fingerprint density at radius 1 is 0.800 bits per heavy atom. The molecule has 1 heteroatoms. The van der Waals surface area contributed by atoms with Crippen molar-refractivity contribution < 1.29 is 0 Å². The standard InChI is InChI=1S/C19H29N/c1-19(2)11-7-17(8-12-19)15-3-5-16(6-4-15)18-9-13-20-14-10-18/h3-6,17-18,20H,7-14H2,1-2H3. The second kappa shape index (κ2) is 5.89. The fourth-order valence-electron chi connectivity index (χ4n) is 3.93. The van der Waals surface area contributed by atoms with Crippen LogP contribution in [0.2, 0.25) is 0 Å². The first kappa shape index (κ1) is 14.1. The predicted octanol–water partition coefficient (Wildman–Crippen LogP) is 4.84. The van der Waals surface area contributed by atoms with Gasteiger partial charge < -0.3 is 5.32 Å². The van der Waals surface area contributed by atoms with Crippen molar-refractivity contribution in [2.75, 3.05) is 13.1 Å². The van der Waals surface area contributed by atoms with Crippen LogP contribution in [-0.2, 0) is 0 Å². The quantitative estimate of drug-likeness (QED) is 0.811. The van der Waals surface area contributed by atoms with E-state index in [1.54, 1.807) is 11.1 Å². The summed E-state index contributed by atoms with van der Waals surface area (Å²) in [6.45, 7) is 7.21. The van der Waals surface area contributed by atoms with Gasteiger partial charge in [-0.05, 0) is 80.0 Å². The fourth-order valence-corrected chi connectivity index (χ4v) is 3.93. The van der Waals surface area contributed by atoms with Crippen molar-refractivity contribution in [3.05, 3.63) is 35.4 Å². The topological polar surface area (TPSA) is 12.0 Å². The molecule has 0 aromatic heterocycles. The van der Waals surface area contributed by atoms with E-state index in [1.807, 2.05) is 0 Å². The van der Waals surface area contributed by atoms with E-state index < -0.39 is 0 Å². The Morgan fingerprint density at radius 2 is 1.25 bits per heavy atom. The van der Waals surface area contributed by atoms with Crippen LogP contribution in [0.5, 0.6) is 0 Å². The van der Waals surface area contributed by atoms with Gasteiger partial charge in [0.15, 0.2) is 0 Å². The normalized spacial score (nSPS) is 24.7. The zero-order valence-electron chi connectivity index (χ0n) is 13.1. The second-order valence-corrected chi connectivity index (χ2v) is 7.63. The Balaban J connectivity index is 1.64. The first-order valence-electron chi connectivity index (χ1n) is 8.45. The summed E-state index contributed by atoms with van der Waals surface area (Å²) in [7, 11) is 0. The van der Waals surface area contributed by atoms with Gasteiger partial charge in [-0.3, -0.25) is 0 Å². The number of piperidine rings is 1. The van der Waals surface area contributed by atoms with Crippen molar-refractivity contribution >= 4 is 0 Å². The third-order valence-corrected chi connectivity index (χ3v) is 5.56. The Kier molecular flexibility index (Phi) is 4.16. The predicted molar refractivity (Wildman–Crippen MR) is 86.3 cm³/mol. The smallest absolute Gasteiger partial charge is 0.00431 e. The zero-order chi connectivity index (χ0) is 14.0. The van der Waals surface area contributed by atoms with Crippen molar-refractivity contribution in [1.29, 1.82) is 0 Å². The summed E-state index contributed by atoms with van der Waals surface area (Å²) in [6.07, 6.45) is 8.12. The molecule has 1 aliphatic heterocycles. The third-order valence-electron chi connectivity index (χ3n) is 5.56.